The molecule has 30 heavy (non-hydrogen) atoms. The first-order valence-electron chi connectivity index (χ1n) is 10.2. The van der Waals surface area contributed by atoms with Crippen LogP contribution in [-0.2, 0) is 22.4 Å². The lowest BCUT2D eigenvalue weighted by molar-refractivity contribution is -0.119. The van der Waals surface area contributed by atoms with E-state index in [1.54, 1.807) is 0 Å². The molecule has 0 unspecified atom stereocenters. The van der Waals surface area contributed by atoms with Crippen LogP contribution in [0.5, 0.6) is 0 Å². The van der Waals surface area contributed by atoms with Crippen molar-refractivity contribution in [3.05, 3.63) is 59.9 Å². The van der Waals surface area contributed by atoms with E-state index in [0.717, 1.165) is 35.0 Å². The first-order chi connectivity index (χ1) is 14.5. The lowest BCUT2D eigenvalue weighted by Gasteiger charge is -2.06. The minimum absolute atomic E-state index is 0.00959. The molecular weight excluding hydrogens is 376 g/mol. The van der Waals surface area contributed by atoms with Crippen molar-refractivity contribution >= 4 is 33.6 Å². The standard InChI is InChI=1S/C24H26N4O2/c1-15(29)25-9-7-19-13-27-23-5-3-17(11-21(19)23)18-4-6-24-22(12-18)20(14-28-24)8-10-26-16(2)30/h3-6,11-14,27-28H,7-10H2,1-2H3,(H,25,29)(H,26,30). The summed E-state index contributed by atoms with van der Waals surface area (Å²) in [5, 5.41) is 8.08. The van der Waals surface area contributed by atoms with Crippen LogP contribution in [0.3, 0.4) is 0 Å². The summed E-state index contributed by atoms with van der Waals surface area (Å²) in [6.45, 7) is 4.32. The second kappa shape index (κ2) is 8.45. The molecule has 0 atom stereocenters. The number of hydrogen-bond donors (Lipinski definition) is 4. The number of amides is 2. The summed E-state index contributed by atoms with van der Waals surface area (Å²) in [5.41, 5.74) is 6.88. The first kappa shape index (κ1) is 19.8. The summed E-state index contributed by atoms with van der Waals surface area (Å²) < 4.78 is 0. The topological polar surface area (TPSA) is 89.8 Å². The molecule has 0 fully saturated rings. The van der Waals surface area contributed by atoms with E-state index in [1.807, 2.05) is 12.4 Å². The first-order valence-corrected chi connectivity index (χ1v) is 10.2. The van der Waals surface area contributed by atoms with E-state index in [9.17, 15) is 9.59 Å². The Morgan fingerprint density at radius 2 is 1.17 bits per heavy atom. The number of H-pyrrole nitrogens is 2. The highest BCUT2D eigenvalue weighted by atomic mass is 16.1. The minimum Gasteiger partial charge on any atom is -0.361 e. The number of nitrogens with one attached hydrogen (secondary N) is 4. The third-order valence-electron chi connectivity index (χ3n) is 5.40. The van der Waals surface area contributed by atoms with Crippen molar-refractivity contribution < 1.29 is 9.59 Å². The van der Waals surface area contributed by atoms with Gasteiger partial charge < -0.3 is 20.6 Å². The van der Waals surface area contributed by atoms with Gasteiger partial charge in [-0.2, -0.15) is 0 Å². The van der Waals surface area contributed by atoms with Gasteiger partial charge in [-0.25, -0.2) is 0 Å². The lowest BCUT2D eigenvalue weighted by atomic mass is 9.99. The zero-order chi connectivity index (χ0) is 21.1. The van der Waals surface area contributed by atoms with Crippen molar-refractivity contribution in [1.29, 1.82) is 0 Å². The molecule has 154 valence electrons. The fourth-order valence-corrected chi connectivity index (χ4v) is 3.88. The zero-order valence-electron chi connectivity index (χ0n) is 17.3. The number of hydrogen-bond acceptors (Lipinski definition) is 2. The molecule has 0 spiro atoms. The highest BCUT2D eigenvalue weighted by molar-refractivity contribution is 5.92. The van der Waals surface area contributed by atoms with E-state index < -0.39 is 0 Å². The van der Waals surface area contributed by atoms with Crippen LogP contribution < -0.4 is 10.6 Å². The fourth-order valence-electron chi connectivity index (χ4n) is 3.88. The van der Waals surface area contributed by atoms with Crippen molar-refractivity contribution in [2.75, 3.05) is 13.1 Å². The highest BCUT2D eigenvalue weighted by Gasteiger charge is 2.09. The van der Waals surface area contributed by atoms with Gasteiger partial charge in [-0.3, -0.25) is 9.59 Å². The van der Waals surface area contributed by atoms with E-state index in [4.69, 9.17) is 0 Å². The molecular formula is C24H26N4O2. The van der Waals surface area contributed by atoms with Crippen molar-refractivity contribution in [2.45, 2.75) is 26.7 Å². The Labute approximate surface area is 175 Å². The number of rotatable bonds is 7. The van der Waals surface area contributed by atoms with Crippen molar-refractivity contribution in [3.63, 3.8) is 0 Å². The van der Waals surface area contributed by atoms with Gasteiger partial charge in [0.05, 0.1) is 0 Å². The number of aromatic amines is 2. The van der Waals surface area contributed by atoms with Crippen LogP contribution in [0.1, 0.15) is 25.0 Å². The largest absolute Gasteiger partial charge is 0.361 e. The molecule has 6 heteroatoms. The van der Waals surface area contributed by atoms with Gasteiger partial charge in [0.2, 0.25) is 11.8 Å². The van der Waals surface area contributed by atoms with Gasteiger partial charge in [0.15, 0.2) is 0 Å². The van der Waals surface area contributed by atoms with Crippen LogP contribution in [0.25, 0.3) is 32.9 Å². The Morgan fingerprint density at radius 3 is 1.57 bits per heavy atom. The van der Waals surface area contributed by atoms with E-state index in [2.05, 4.69) is 57.0 Å². The Hall–Kier alpha value is -3.54. The summed E-state index contributed by atoms with van der Waals surface area (Å²) in [4.78, 5) is 28.9. The molecule has 4 N–H and O–H groups in total. The summed E-state index contributed by atoms with van der Waals surface area (Å²) in [7, 11) is 0. The summed E-state index contributed by atoms with van der Waals surface area (Å²) in [6.07, 6.45) is 5.61. The molecule has 2 amide bonds. The number of benzene rings is 2. The number of fused-ring (bicyclic) bond motifs is 2. The molecule has 0 aliphatic carbocycles. The Bertz CT molecular complexity index is 1120. The smallest absolute Gasteiger partial charge is 0.216 e. The van der Waals surface area contributed by atoms with Crippen molar-refractivity contribution in [2.24, 2.45) is 0 Å². The quantitative estimate of drug-likeness (QED) is 0.380. The molecule has 0 bridgehead atoms. The fraction of sp³-hybridized carbons (Fsp3) is 0.250. The number of carbonyl (C=O) groups is 2. The van der Waals surface area contributed by atoms with Crippen molar-refractivity contribution in [3.8, 4) is 11.1 Å². The lowest BCUT2D eigenvalue weighted by Crippen LogP contribution is -2.22. The maximum absolute atomic E-state index is 11.1. The summed E-state index contributed by atoms with van der Waals surface area (Å²) in [5.74, 6) is -0.0192. The Morgan fingerprint density at radius 1 is 0.733 bits per heavy atom. The van der Waals surface area contributed by atoms with Crippen LogP contribution in [0.2, 0.25) is 0 Å². The van der Waals surface area contributed by atoms with Gasteiger partial charge in [-0.05, 0) is 59.4 Å². The summed E-state index contributed by atoms with van der Waals surface area (Å²) in [6, 6.07) is 12.9. The predicted octanol–water partition coefficient (Wildman–Crippen LogP) is 3.67. The van der Waals surface area contributed by atoms with Crippen LogP contribution in [0.4, 0.5) is 0 Å². The van der Waals surface area contributed by atoms with Gasteiger partial charge in [-0.1, -0.05) is 12.1 Å². The third-order valence-corrected chi connectivity index (χ3v) is 5.40. The van der Waals surface area contributed by atoms with E-state index in [1.165, 1.54) is 35.7 Å². The average Bonchev–Trinajstić information content (AvgIpc) is 3.31. The molecule has 2 aromatic carbocycles. The van der Waals surface area contributed by atoms with Gasteiger partial charge in [0.25, 0.3) is 0 Å². The molecule has 0 aliphatic rings. The van der Waals surface area contributed by atoms with Gasteiger partial charge in [0.1, 0.15) is 0 Å². The number of carbonyl (C=O) groups excluding carboxylic acids is 2. The summed E-state index contributed by atoms with van der Waals surface area (Å²) >= 11 is 0. The normalized spacial score (nSPS) is 11.1. The van der Waals surface area contributed by atoms with Crippen LogP contribution in [0, 0.1) is 0 Å². The minimum atomic E-state index is -0.00959. The van der Waals surface area contributed by atoms with Gasteiger partial charge in [-0.15, -0.1) is 0 Å². The zero-order valence-corrected chi connectivity index (χ0v) is 17.3. The molecule has 4 aromatic rings. The molecule has 4 rings (SSSR count). The van der Waals surface area contributed by atoms with E-state index in [0.29, 0.717) is 13.1 Å². The maximum Gasteiger partial charge on any atom is 0.216 e. The highest BCUT2D eigenvalue weighted by Crippen LogP contribution is 2.30. The number of aromatic nitrogens is 2. The van der Waals surface area contributed by atoms with Gasteiger partial charge in [0, 0.05) is 61.1 Å². The Balaban J connectivity index is 1.62. The molecule has 0 saturated carbocycles. The Kier molecular flexibility index (Phi) is 5.57. The van der Waals surface area contributed by atoms with Crippen LogP contribution >= 0.6 is 0 Å². The molecule has 0 radical (unpaired) electrons. The predicted molar refractivity (Wildman–Crippen MR) is 120 cm³/mol. The molecule has 6 nitrogen and oxygen atoms in total. The molecule has 0 saturated heterocycles. The van der Waals surface area contributed by atoms with Gasteiger partial charge >= 0.3 is 0 Å². The monoisotopic (exact) mass is 402 g/mol. The van der Waals surface area contributed by atoms with Crippen LogP contribution in [-0.4, -0.2) is 34.9 Å². The second-order valence-corrected chi connectivity index (χ2v) is 7.61. The molecule has 2 heterocycles. The third kappa shape index (κ3) is 4.22. The molecule has 2 aromatic heterocycles. The average molecular weight is 402 g/mol. The maximum atomic E-state index is 11.1. The van der Waals surface area contributed by atoms with E-state index >= 15 is 0 Å². The second-order valence-electron chi connectivity index (χ2n) is 7.61. The SMILES string of the molecule is CC(=O)NCCc1c[nH]c2ccc(-c3ccc4[nH]cc(CCNC(C)=O)c4c3)cc12. The van der Waals surface area contributed by atoms with Crippen LogP contribution in [0.15, 0.2) is 48.8 Å². The molecule has 0 aliphatic heterocycles. The van der Waals surface area contributed by atoms with E-state index in [-0.39, 0.29) is 11.8 Å². The van der Waals surface area contributed by atoms with Crippen molar-refractivity contribution in [1.82, 2.24) is 20.6 Å².